The lowest BCUT2D eigenvalue weighted by Gasteiger charge is -2.06. The number of thioether (sulfide) groups is 1. The Balaban J connectivity index is 1.72. The summed E-state index contributed by atoms with van der Waals surface area (Å²) >= 11 is 1.38. The highest BCUT2D eigenvalue weighted by atomic mass is 32.2. The van der Waals surface area contributed by atoms with E-state index in [0.717, 1.165) is 15.9 Å². The number of para-hydroxylation sites is 1. The number of carbonyl (C=O) groups excluding carboxylic acids is 1. The van der Waals surface area contributed by atoms with Gasteiger partial charge in [-0.3, -0.25) is 4.79 Å². The second-order valence-electron chi connectivity index (χ2n) is 4.75. The highest BCUT2D eigenvalue weighted by molar-refractivity contribution is 8.00. The third-order valence-corrected chi connectivity index (χ3v) is 3.91. The van der Waals surface area contributed by atoms with Gasteiger partial charge in [-0.25, -0.2) is 9.97 Å². The predicted molar refractivity (Wildman–Crippen MR) is 84.9 cm³/mol. The van der Waals surface area contributed by atoms with Crippen LogP contribution >= 0.6 is 11.8 Å². The number of fused-ring (bicyclic) bond motifs is 1. The van der Waals surface area contributed by atoms with Gasteiger partial charge in [0.15, 0.2) is 5.82 Å². The van der Waals surface area contributed by atoms with Crippen molar-refractivity contribution in [3.63, 3.8) is 0 Å². The Hall–Kier alpha value is -2.41. The minimum Gasteiger partial charge on any atom is -0.360 e. The Morgan fingerprint density at radius 2 is 2.09 bits per heavy atom. The standard InChI is InChI=1S/C15H14N4O2S/c1-9-7-13(19-21-9)18-14(20)8-22-15-11-5-3-4-6-12(11)16-10(2)17-15/h3-7H,8H2,1-2H3,(H,18,19,20). The third-order valence-electron chi connectivity index (χ3n) is 2.92. The molecule has 0 fully saturated rings. The molecule has 0 spiro atoms. The lowest BCUT2D eigenvalue weighted by Crippen LogP contribution is -2.14. The van der Waals surface area contributed by atoms with Gasteiger partial charge in [0.25, 0.3) is 0 Å². The summed E-state index contributed by atoms with van der Waals surface area (Å²) < 4.78 is 4.91. The zero-order chi connectivity index (χ0) is 15.5. The maximum absolute atomic E-state index is 12.0. The van der Waals surface area contributed by atoms with Gasteiger partial charge in [0.1, 0.15) is 16.6 Å². The van der Waals surface area contributed by atoms with Gasteiger partial charge in [0.2, 0.25) is 5.91 Å². The summed E-state index contributed by atoms with van der Waals surface area (Å²) in [5.74, 6) is 1.85. The first-order valence-electron chi connectivity index (χ1n) is 6.71. The van der Waals surface area contributed by atoms with Crippen LogP contribution in [0.15, 0.2) is 39.9 Å². The highest BCUT2D eigenvalue weighted by Gasteiger charge is 2.10. The minimum atomic E-state index is -0.154. The molecule has 0 aliphatic carbocycles. The van der Waals surface area contributed by atoms with Crippen LogP contribution in [0, 0.1) is 13.8 Å². The summed E-state index contributed by atoms with van der Waals surface area (Å²) in [6.45, 7) is 3.61. The van der Waals surface area contributed by atoms with Crippen molar-refractivity contribution < 1.29 is 9.32 Å². The summed E-state index contributed by atoms with van der Waals surface area (Å²) in [6, 6.07) is 9.43. The van der Waals surface area contributed by atoms with Gasteiger partial charge in [-0.1, -0.05) is 35.1 Å². The molecule has 3 aromatic rings. The molecular formula is C15H14N4O2S. The van der Waals surface area contributed by atoms with Gasteiger partial charge < -0.3 is 9.84 Å². The van der Waals surface area contributed by atoms with Crippen molar-refractivity contribution in [2.45, 2.75) is 18.9 Å². The van der Waals surface area contributed by atoms with E-state index in [9.17, 15) is 4.79 Å². The average Bonchev–Trinajstić information content (AvgIpc) is 2.89. The molecule has 0 aliphatic heterocycles. The normalized spacial score (nSPS) is 10.8. The van der Waals surface area contributed by atoms with Gasteiger partial charge in [-0.2, -0.15) is 0 Å². The molecular weight excluding hydrogens is 300 g/mol. The molecule has 2 aromatic heterocycles. The molecule has 0 saturated carbocycles. The Bertz CT molecular complexity index is 831. The van der Waals surface area contributed by atoms with Crippen LogP contribution in [0.1, 0.15) is 11.6 Å². The fourth-order valence-corrected chi connectivity index (χ4v) is 2.87. The number of carbonyl (C=O) groups is 1. The van der Waals surface area contributed by atoms with Crippen LogP contribution in [0.25, 0.3) is 10.9 Å². The highest BCUT2D eigenvalue weighted by Crippen LogP contribution is 2.25. The number of amides is 1. The number of aromatic nitrogens is 3. The van der Waals surface area contributed by atoms with E-state index in [-0.39, 0.29) is 11.7 Å². The van der Waals surface area contributed by atoms with E-state index >= 15 is 0 Å². The van der Waals surface area contributed by atoms with E-state index in [1.54, 1.807) is 13.0 Å². The van der Waals surface area contributed by atoms with E-state index in [1.807, 2.05) is 31.2 Å². The summed E-state index contributed by atoms with van der Waals surface area (Å²) in [5, 5.41) is 8.17. The lowest BCUT2D eigenvalue weighted by molar-refractivity contribution is -0.113. The monoisotopic (exact) mass is 314 g/mol. The fourth-order valence-electron chi connectivity index (χ4n) is 2.01. The van der Waals surface area contributed by atoms with Crippen LogP contribution in [0.3, 0.4) is 0 Å². The number of nitrogens with one attached hydrogen (secondary N) is 1. The molecule has 22 heavy (non-hydrogen) atoms. The fraction of sp³-hybridized carbons (Fsp3) is 0.200. The average molecular weight is 314 g/mol. The molecule has 6 nitrogen and oxygen atoms in total. The van der Waals surface area contributed by atoms with Gasteiger partial charge in [-0.05, 0) is 19.9 Å². The first-order chi connectivity index (χ1) is 10.6. The quantitative estimate of drug-likeness (QED) is 0.589. The van der Waals surface area contributed by atoms with Crippen molar-refractivity contribution >= 4 is 34.4 Å². The van der Waals surface area contributed by atoms with Crippen molar-refractivity contribution in [1.29, 1.82) is 0 Å². The van der Waals surface area contributed by atoms with Crippen molar-refractivity contribution in [2.75, 3.05) is 11.1 Å². The molecule has 112 valence electrons. The van der Waals surface area contributed by atoms with E-state index in [4.69, 9.17) is 4.52 Å². The molecule has 0 radical (unpaired) electrons. The van der Waals surface area contributed by atoms with E-state index in [2.05, 4.69) is 20.4 Å². The van der Waals surface area contributed by atoms with Crippen LogP contribution in [-0.4, -0.2) is 26.8 Å². The van der Waals surface area contributed by atoms with Gasteiger partial charge in [0, 0.05) is 11.5 Å². The van der Waals surface area contributed by atoms with Gasteiger partial charge in [0.05, 0.1) is 11.3 Å². The summed E-state index contributed by atoms with van der Waals surface area (Å²) in [4.78, 5) is 20.8. The molecule has 1 amide bonds. The van der Waals surface area contributed by atoms with Crippen molar-refractivity contribution in [3.05, 3.63) is 41.9 Å². The Morgan fingerprint density at radius 3 is 2.86 bits per heavy atom. The SMILES string of the molecule is Cc1nc(SCC(=O)Nc2cc(C)on2)c2ccccc2n1. The molecule has 0 saturated heterocycles. The smallest absolute Gasteiger partial charge is 0.236 e. The van der Waals surface area contributed by atoms with Crippen molar-refractivity contribution in [3.8, 4) is 0 Å². The first kappa shape index (κ1) is 14.5. The van der Waals surface area contributed by atoms with Crippen LogP contribution in [0.5, 0.6) is 0 Å². The third kappa shape index (κ3) is 3.25. The number of hydrogen-bond acceptors (Lipinski definition) is 6. The van der Waals surface area contributed by atoms with Crippen molar-refractivity contribution in [1.82, 2.24) is 15.1 Å². The van der Waals surface area contributed by atoms with Crippen LogP contribution in [0.2, 0.25) is 0 Å². The maximum atomic E-state index is 12.0. The minimum absolute atomic E-state index is 0.154. The zero-order valence-corrected chi connectivity index (χ0v) is 13.0. The molecule has 2 heterocycles. The maximum Gasteiger partial charge on any atom is 0.236 e. The van der Waals surface area contributed by atoms with E-state index in [0.29, 0.717) is 17.4 Å². The van der Waals surface area contributed by atoms with Crippen LogP contribution < -0.4 is 5.32 Å². The van der Waals surface area contributed by atoms with Crippen LogP contribution in [0.4, 0.5) is 5.82 Å². The number of aryl methyl sites for hydroxylation is 2. The molecule has 0 unspecified atom stereocenters. The van der Waals surface area contributed by atoms with Crippen molar-refractivity contribution in [2.24, 2.45) is 0 Å². The molecule has 1 aromatic carbocycles. The number of hydrogen-bond donors (Lipinski definition) is 1. The van der Waals surface area contributed by atoms with E-state index in [1.165, 1.54) is 11.8 Å². The first-order valence-corrected chi connectivity index (χ1v) is 7.70. The summed E-state index contributed by atoms with van der Waals surface area (Å²) in [6.07, 6.45) is 0. The lowest BCUT2D eigenvalue weighted by atomic mass is 10.2. The Labute approximate surface area is 131 Å². The molecule has 3 rings (SSSR count). The zero-order valence-electron chi connectivity index (χ0n) is 12.2. The number of anilines is 1. The second kappa shape index (κ2) is 6.15. The van der Waals surface area contributed by atoms with Gasteiger partial charge >= 0.3 is 0 Å². The topological polar surface area (TPSA) is 80.9 Å². The Kier molecular flexibility index (Phi) is 4.06. The molecule has 0 bridgehead atoms. The molecule has 7 heteroatoms. The molecule has 0 atom stereocenters. The van der Waals surface area contributed by atoms with Crippen LogP contribution in [-0.2, 0) is 4.79 Å². The van der Waals surface area contributed by atoms with Gasteiger partial charge in [-0.15, -0.1) is 0 Å². The Morgan fingerprint density at radius 1 is 1.27 bits per heavy atom. The number of benzene rings is 1. The summed E-state index contributed by atoms with van der Waals surface area (Å²) in [5.41, 5.74) is 0.880. The largest absolute Gasteiger partial charge is 0.360 e. The van der Waals surface area contributed by atoms with E-state index < -0.39 is 0 Å². The predicted octanol–water partition coefficient (Wildman–Crippen LogP) is 2.97. The summed E-state index contributed by atoms with van der Waals surface area (Å²) in [7, 11) is 0. The number of rotatable bonds is 4. The molecule has 1 N–H and O–H groups in total. The second-order valence-corrected chi connectivity index (χ2v) is 5.72. The number of nitrogens with zero attached hydrogens (tertiary/aromatic N) is 3. The molecule has 0 aliphatic rings.